The molecule has 0 aliphatic carbocycles. The molecule has 156 valence electrons. The van der Waals surface area contributed by atoms with Gasteiger partial charge >= 0.3 is 0 Å². The summed E-state index contributed by atoms with van der Waals surface area (Å²) < 4.78 is 7.42. The predicted molar refractivity (Wildman–Crippen MR) is 122 cm³/mol. The van der Waals surface area contributed by atoms with Crippen molar-refractivity contribution in [2.24, 2.45) is 0 Å². The molecule has 0 radical (unpaired) electrons. The number of carbonyl (C=O) groups excluding carboxylic acids is 1. The number of thioether (sulfide) groups is 1. The molecular formula is C23H26N4O2S. The molecule has 0 spiro atoms. The fraction of sp³-hybridized carbons (Fsp3) is 0.261. The number of benzene rings is 2. The summed E-state index contributed by atoms with van der Waals surface area (Å²) in [5, 5.41) is 12.1. The molecule has 1 aromatic heterocycles. The van der Waals surface area contributed by atoms with E-state index in [-0.39, 0.29) is 11.2 Å². The van der Waals surface area contributed by atoms with Crippen LogP contribution < -0.4 is 10.1 Å². The fourth-order valence-corrected chi connectivity index (χ4v) is 4.00. The molecule has 0 aliphatic rings. The summed E-state index contributed by atoms with van der Waals surface area (Å²) in [5.74, 6) is 1.31. The van der Waals surface area contributed by atoms with E-state index in [0.29, 0.717) is 23.3 Å². The number of hydrogen-bond acceptors (Lipinski definition) is 5. The van der Waals surface area contributed by atoms with Gasteiger partial charge in [-0.15, -0.1) is 16.8 Å². The molecule has 0 unspecified atom stereocenters. The van der Waals surface area contributed by atoms with Gasteiger partial charge in [0.05, 0.1) is 17.9 Å². The maximum atomic E-state index is 12.8. The van der Waals surface area contributed by atoms with Crippen LogP contribution in [0.1, 0.15) is 18.1 Å². The lowest BCUT2D eigenvalue weighted by molar-refractivity contribution is -0.115. The number of amides is 1. The van der Waals surface area contributed by atoms with Crippen LogP contribution >= 0.6 is 11.8 Å². The number of allylic oxidation sites excluding steroid dienone is 1. The number of rotatable bonds is 8. The van der Waals surface area contributed by atoms with Gasteiger partial charge in [0.2, 0.25) is 5.91 Å². The highest BCUT2D eigenvalue weighted by molar-refractivity contribution is 8.00. The number of methoxy groups -OCH3 is 1. The number of anilines is 1. The second-order valence-electron chi connectivity index (χ2n) is 6.92. The molecule has 0 aliphatic heterocycles. The molecule has 3 rings (SSSR count). The standard InChI is InChI=1S/C23H26N4O2S/c1-6-14-27-21(18-12-7-8-13-19(18)29-5)25-26-23(27)30-17(4)22(28)24-20-15(2)10-9-11-16(20)3/h6-13,17H,1,14H2,2-5H3,(H,24,28)/t17-/m0/s1. The number of aromatic nitrogens is 3. The zero-order valence-corrected chi connectivity index (χ0v) is 18.5. The van der Waals surface area contributed by atoms with Crippen molar-refractivity contribution in [2.45, 2.75) is 37.7 Å². The molecule has 30 heavy (non-hydrogen) atoms. The summed E-state index contributed by atoms with van der Waals surface area (Å²) >= 11 is 1.37. The second kappa shape index (κ2) is 9.63. The molecule has 6 nitrogen and oxygen atoms in total. The highest BCUT2D eigenvalue weighted by Crippen LogP contribution is 2.32. The third-order valence-corrected chi connectivity index (χ3v) is 5.84. The van der Waals surface area contributed by atoms with E-state index in [9.17, 15) is 4.79 Å². The molecule has 1 atom stereocenters. The Morgan fingerprint density at radius 1 is 1.20 bits per heavy atom. The Labute approximate surface area is 181 Å². The summed E-state index contributed by atoms with van der Waals surface area (Å²) in [6, 6.07) is 13.6. The van der Waals surface area contributed by atoms with Crippen molar-refractivity contribution in [3.05, 3.63) is 66.2 Å². The first-order chi connectivity index (χ1) is 14.5. The van der Waals surface area contributed by atoms with Crippen molar-refractivity contribution in [2.75, 3.05) is 12.4 Å². The monoisotopic (exact) mass is 422 g/mol. The van der Waals surface area contributed by atoms with Gasteiger partial charge in [0.15, 0.2) is 11.0 Å². The van der Waals surface area contributed by atoms with Gasteiger partial charge in [-0.3, -0.25) is 9.36 Å². The fourth-order valence-electron chi connectivity index (χ4n) is 3.15. The van der Waals surface area contributed by atoms with Crippen molar-refractivity contribution in [1.82, 2.24) is 14.8 Å². The highest BCUT2D eigenvalue weighted by Gasteiger charge is 2.22. The Morgan fingerprint density at radius 2 is 1.90 bits per heavy atom. The maximum absolute atomic E-state index is 12.8. The Balaban J connectivity index is 1.85. The molecule has 2 aromatic carbocycles. The molecule has 0 bridgehead atoms. The smallest absolute Gasteiger partial charge is 0.237 e. The zero-order valence-electron chi connectivity index (χ0n) is 17.7. The van der Waals surface area contributed by atoms with Crippen LogP contribution in [0.25, 0.3) is 11.4 Å². The summed E-state index contributed by atoms with van der Waals surface area (Å²) in [5.41, 5.74) is 3.77. The first kappa shape index (κ1) is 21.6. The van der Waals surface area contributed by atoms with E-state index in [1.54, 1.807) is 13.2 Å². The van der Waals surface area contributed by atoms with E-state index >= 15 is 0 Å². The molecule has 7 heteroatoms. The number of para-hydroxylation sites is 2. The minimum atomic E-state index is -0.359. The molecular weight excluding hydrogens is 396 g/mol. The maximum Gasteiger partial charge on any atom is 0.237 e. The average Bonchev–Trinajstić information content (AvgIpc) is 3.13. The van der Waals surface area contributed by atoms with E-state index in [1.807, 2.05) is 67.8 Å². The van der Waals surface area contributed by atoms with Crippen molar-refractivity contribution in [3.8, 4) is 17.1 Å². The number of nitrogens with one attached hydrogen (secondary N) is 1. The van der Waals surface area contributed by atoms with Crippen LogP contribution in [-0.2, 0) is 11.3 Å². The highest BCUT2D eigenvalue weighted by atomic mass is 32.2. The second-order valence-corrected chi connectivity index (χ2v) is 8.23. The third-order valence-electron chi connectivity index (χ3n) is 4.76. The van der Waals surface area contributed by atoms with Gasteiger partial charge in [-0.1, -0.05) is 48.2 Å². The molecule has 3 aromatic rings. The number of ether oxygens (including phenoxy) is 1. The van der Waals surface area contributed by atoms with Gasteiger partial charge in [-0.25, -0.2) is 0 Å². The summed E-state index contributed by atoms with van der Waals surface area (Å²) in [6.45, 7) is 10.2. The van der Waals surface area contributed by atoms with Crippen LogP contribution in [0, 0.1) is 13.8 Å². The minimum Gasteiger partial charge on any atom is -0.496 e. The van der Waals surface area contributed by atoms with E-state index in [1.165, 1.54) is 11.8 Å². The van der Waals surface area contributed by atoms with Crippen LogP contribution in [0.3, 0.4) is 0 Å². The van der Waals surface area contributed by atoms with E-state index in [2.05, 4.69) is 22.1 Å². The molecule has 0 saturated heterocycles. The van der Waals surface area contributed by atoms with Crippen LogP contribution in [0.5, 0.6) is 5.75 Å². The molecule has 1 N–H and O–H groups in total. The first-order valence-electron chi connectivity index (χ1n) is 9.67. The lowest BCUT2D eigenvalue weighted by Crippen LogP contribution is -2.24. The Morgan fingerprint density at radius 3 is 2.57 bits per heavy atom. The largest absolute Gasteiger partial charge is 0.496 e. The van der Waals surface area contributed by atoms with Crippen molar-refractivity contribution in [3.63, 3.8) is 0 Å². The number of hydrogen-bond donors (Lipinski definition) is 1. The minimum absolute atomic E-state index is 0.0793. The van der Waals surface area contributed by atoms with Crippen LogP contribution in [0.15, 0.2) is 60.3 Å². The first-order valence-corrected chi connectivity index (χ1v) is 10.6. The van der Waals surface area contributed by atoms with Crippen molar-refractivity contribution < 1.29 is 9.53 Å². The molecule has 0 fully saturated rings. The van der Waals surface area contributed by atoms with Crippen LogP contribution in [0.2, 0.25) is 0 Å². The molecule has 1 heterocycles. The van der Waals surface area contributed by atoms with E-state index in [4.69, 9.17) is 4.74 Å². The lowest BCUT2D eigenvalue weighted by Gasteiger charge is -2.16. The summed E-state index contributed by atoms with van der Waals surface area (Å²) in [6.07, 6.45) is 1.79. The van der Waals surface area contributed by atoms with Gasteiger partial charge in [-0.2, -0.15) is 0 Å². The van der Waals surface area contributed by atoms with Gasteiger partial charge in [-0.05, 0) is 44.0 Å². The number of aryl methyl sites for hydroxylation is 2. The number of nitrogens with zero attached hydrogens (tertiary/aromatic N) is 3. The topological polar surface area (TPSA) is 69.0 Å². The number of carbonyl (C=O) groups is 1. The predicted octanol–water partition coefficient (Wildman–Crippen LogP) is 4.88. The Bertz CT molecular complexity index is 1040. The summed E-state index contributed by atoms with van der Waals surface area (Å²) in [7, 11) is 1.63. The van der Waals surface area contributed by atoms with Crippen LogP contribution in [0.4, 0.5) is 5.69 Å². The Kier molecular flexibility index (Phi) is 6.95. The average molecular weight is 423 g/mol. The van der Waals surface area contributed by atoms with Crippen molar-refractivity contribution in [1.29, 1.82) is 0 Å². The van der Waals surface area contributed by atoms with E-state index < -0.39 is 0 Å². The zero-order chi connectivity index (χ0) is 21.7. The van der Waals surface area contributed by atoms with Gasteiger partial charge < -0.3 is 10.1 Å². The third kappa shape index (κ3) is 4.57. The van der Waals surface area contributed by atoms with Crippen LogP contribution in [-0.4, -0.2) is 33.0 Å². The van der Waals surface area contributed by atoms with E-state index in [0.717, 1.165) is 22.4 Å². The molecule has 1 amide bonds. The van der Waals surface area contributed by atoms with Crippen molar-refractivity contribution >= 4 is 23.4 Å². The van der Waals surface area contributed by atoms with Gasteiger partial charge in [0.1, 0.15) is 5.75 Å². The van der Waals surface area contributed by atoms with Gasteiger partial charge in [0, 0.05) is 12.2 Å². The SMILES string of the molecule is C=CCn1c(S[C@@H](C)C(=O)Nc2c(C)cccc2C)nnc1-c1ccccc1OC. The normalized spacial score (nSPS) is 11.7. The Hall–Kier alpha value is -3.06. The molecule has 0 saturated carbocycles. The summed E-state index contributed by atoms with van der Waals surface area (Å²) in [4.78, 5) is 12.8. The van der Waals surface area contributed by atoms with Gasteiger partial charge in [0.25, 0.3) is 0 Å². The quantitative estimate of drug-likeness (QED) is 0.414. The lowest BCUT2D eigenvalue weighted by atomic mass is 10.1.